The second-order valence-electron chi connectivity index (χ2n) is 6.77. The van der Waals surface area contributed by atoms with E-state index in [9.17, 15) is 14.7 Å². The van der Waals surface area contributed by atoms with Gasteiger partial charge in [-0.25, -0.2) is 4.79 Å². The quantitative estimate of drug-likeness (QED) is 0.871. The molecule has 3 rings (SSSR count). The molecule has 0 radical (unpaired) electrons. The summed E-state index contributed by atoms with van der Waals surface area (Å²) in [5.74, 6) is -0.598. The van der Waals surface area contributed by atoms with Crippen LogP contribution in [0, 0.1) is 0 Å². The van der Waals surface area contributed by atoms with Gasteiger partial charge in [-0.2, -0.15) is 0 Å². The molecule has 0 aromatic heterocycles. The van der Waals surface area contributed by atoms with Crippen molar-refractivity contribution < 1.29 is 14.7 Å². The van der Waals surface area contributed by atoms with Crippen LogP contribution in [-0.2, 0) is 9.59 Å². The van der Waals surface area contributed by atoms with Gasteiger partial charge in [-0.3, -0.25) is 9.69 Å². The lowest BCUT2D eigenvalue weighted by molar-refractivity contribution is -0.147. The first-order chi connectivity index (χ1) is 11.1. The highest BCUT2D eigenvalue weighted by Crippen LogP contribution is 2.30. The van der Waals surface area contributed by atoms with E-state index in [2.05, 4.69) is 22.3 Å². The zero-order valence-electron chi connectivity index (χ0n) is 13.3. The minimum atomic E-state index is -1.03. The summed E-state index contributed by atoms with van der Waals surface area (Å²) in [7, 11) is 0. The Hall–Kier alpha value is -1.88. The van der Waals surface area contributed by atoms with Gasteiger partial charge in [0, 0.05) is 6.54 Å². The Labute approximate surface area is 136 Å². The molecule has 124 valence electrons. The van der Waals surface area contributed by atoms with E-state index in [1.165, 1.54) is 5.56 Å². The molecule has 1 aromatic carbocycles. The summed E-state index contributed by atoms with van der Waals surface area (Å²) in [5, 5.41) is 12.2. The standard InChI is InChI=1S/C18H24N2O3/c21-16(19-18(17(22)23)9-4-5-10-18)13-20-11-8-15(12-20)14-6-2-1-3-7-14/h1-3,6-7,15H,4-5,8-13H2,(H,19,21)(H,22,23)/t15-/m1/s1. The second kappa shape index (κ2) is 6.71. The van der Waals surface area contributed by atoms with Crippen LogP contribution >= 0.6 is 0 Å². The van der Waals surface area contributed by atoms with Gasteiger partial charge in [-0.05, 0) is 37.3 Å². The van der Waals surface area contributed by atoms with E-state index in [4.69, 9.17) is 0 Å². The lowest BCUT2D eigenvalue weighted by Crippen LogP contribution is -2.54. The highest BCUT2D eigenvalue weighted by Gasteiger charge is 2.42. The van der Waals surface area contributed by atoms with E-state index in [0.717, 1.165) is 32.4 Å². The van der Waals surface area contributed by atoms with Gasteiger partial charge in [-0.15, -0.1) is 0 Å². The predicted molar refractivity (Wildman–Crippen MR) is 87.2 cm³/mol. The number of carbonyl (C=O) groups excluding carboxylic acids is 1. The average molecular weight is 316 g/mol. The van der Waals surface area contributed by atoms with Gasteiger partial charge < -0.3 is 10.4 Å². The topological polar surface area (TPSA) is 69.6 Å². The Morgan fingerprint density at radius 2 is 1.91 bits per heavy atom. The van der Waals surface area contributed by atoms with E-state index in [-0.39, 0.29) is 5.91 Å². The molecule has 0 spiro atoms. The first-order valence-electron chi connectivity index (χ1n) is 8.41. The molecule has 1 heterocycles. The molecule has 5 nitrogen and oxygen atoms in total. The first-order valence-corrected chi connectivity index (χ1v) is 8.41. The summed E-state index contributed by atoms with van der Waals surface area (Å²) in [4.78, 5) is 25.9. The zero-order chi connectivity index (χ0) is 16.3. The molecule has 1 aliphatic heterocycles. The lowest BCUT2D eigenvalue weighted by atomic mass is 9.98. The van der Waals surface area contributed by atoms with Crippen LogP contribution in [0.5, 0.6) is 0 Å². The molecule has 1 saturated carbocycles. The fourth-order valence-corrected chi connectivity index (χ4v) is 3.85. The molecule has 1 aliphatic carbocycles. The molecule has 5 heteroatoms. The van der Waals surface area contributed by atoms with E-state index < -0.39 is 11.5 Å². The number of nitrogens with one attached hydrogen (secondary N) is 1. The van der Waals surface area contributed by atoms with Crippen molar-refractivity contribution in [2.45, 2.75) is 43.6 Å². The Morgan fingerprint density at radius 1 is 1.22 bits per heavy atom. The number of carbonyl (C=O) groups is 2. The number of carboxylic acid groups (broad SMARTS) is 1. The number of amides is 1. The number of carboxylic acids is 1. The third kappa shape index (κ3) is 3.55. The van der Waals surface area contributed by atoms with Gasteiger partial charge >= 0.3 is 5.97 Å². The summed E-state index contributed by atoms with van der Waals surface area (Å²) in [6, 6.07) is 10.4. The maximum atomic E-state index is 12.3. The Morgan fingerprint density at radius 3 is 2.57 bits per heavy atom. The normalized spacial score (nSPS) is 23.7. The molecule has 0 unspecified atom stereocenters. The van der Waals surface area contributed by atoms with Crippen LogP contribution in [0.3, 0.4) is 0 Å². The van der Waals surface area contributed by atoms with Crippen molar-refractivity contribution in [3.63, 3.8) is 0 Å². The van der Waals surface area contributed by atoms with Gasteiger partial charge in [0.15, 0.2) is 0 Å². The van der Waals surface area contributed by atoms with Gasteiger partial charge in [0.1, 0.15) is 5.54 Å². The summed E-state index contributed by atoms with van der Waals surface area (Å²) in [5.41, 5.74) is 0.281. The van der Waals surface area contributed by atoms with E-state index in [1.54, 1.807) is 0 Å². The minimum Gasteiger partial charge on any atom is -0.480 e. The molecule has 2 fully saturated rings. The molecular formula is C18H24N2O3. The van der Waals surface area contributed by atoms with Crippen LogP contribution in [0.15, 0.2) is 30.3 Å². The largest absolute Gasteiger partial charge is 0.480 e. The number of benzene rings is 1. The molecule has 1 saturated heterocycles. The average Bonchev–Trinajstić information content (AvgIpc) is 3.18. The van der Waals surface area contributed by atoms with Gasteiger partial charge in [0.25, 0.3) is 0 Å². The van der Waals surface area contributed by atoms with Crippen molar-refractivity contribution in [1.82, 2.24) is 10.2 Å². The summed E-state index contributed by atoms with van der Waals surface area (Å²) in [6.45, 7) is 2.03. The number of nitrogens with zero attached hydrogens (tertiary/aromatic N) is 1. The third-order valence-electron chi connectivity index (χ3n) is 5.16. The van der Waals surface area contributed by atoms with Crippen molar-refractivity contribution in [1.29, 1.82) is 0 Å². The predicted octanol–water partition coefficient (Wildman–Crippen LogP) is 1.99. The maximum Gasteiger partial charge on any atom is 0.329 e. The maximum absolute atomic E-state index is 12.3. The number of aliphatic carboxylic acids is 1. The van der Waals surface area contributed by atoms with Crippen molar-refractivity contribution in [3.05, 3.63) is 35.9 Å². The van der Waals surface area contributed by atoms with Crippen LogP contribution in [0.4, 0.5) is 0 Å². The molecule has 1 atom stereocenters. The van der Waals surface area contributed by atoms with Crippen LogP contribution < -0.4 is 5.32 Å². The lowest BCUT2D eigenvalue weighted by Gasteiger charge is -2.26. The molecule has 0 bridgehead atoms. The van der Waals surface area contributed by atoms with Crippen LogP contribution in [-0.4, -0.2) is 47.1 Å². The fourth-order valence-electron chi connectivity index (χ4n) is 3.85. The summed E-state index contributed by atoms with van der Waals surface area (Å²) < 4.78 is 0. The molecular weight excluding hydrogens is 292 g/mol. The van der Waals surface area contributed by atoms with Crippen LogP contribution in [0.1, 0.15) is 43.6 Å². The van der Waals surface area contributed by atoms with Gasteiger partial charge in [0.05, 0.1) is 6.54 Å². The Bertz CT molecular complexity index is 567. The second-order valence-corrected chi connectivity index (χ2v) is 6.77. The van der Waals surface area contributed by atoms with Crippen LogP contribution in [0.25, 0.3) is 0 Å². The van der Waals surface area contributed by atoms with Gasteiger partial charge in [-0.1, -0.05) is 43.2 Å². The third-order valence-corrected chi connectivity index (χ3v) is 5.16. The SMILES string of the molecule is O=C(CN1CC[C@@H](c2ccccc2)C1)NC1(C(=O)O)CCCC1. The molecule has 1 aromatic rings. The zero-order valence-corrected chi connectivity index (χ0v) is 13.3. The van der Waals surface area contributed by atoms with E-state index in [1.807, 2.05) is 18.2 Å². The molecule has 2 N–H and O–H groups in total. The number of hydrogen-bond acceptors (Lipinski definition) is 3. The van der Waals surface area contributed by atoms with Crippen molar-refractivity contribution in [2.24, 2.45) is 0 Å². The van der Waals surface area contributed by atoms with Crippen molar-refractivity contribution in [2.75, 3.05) is 19.6 Å². The highest BCUT2D eigenvalue weighted by molar-refractivity contribution is 5.88. The van der Waals surface area contributed by atoms with Crippen molar-refractivity contribution in [3.8, 4) is 0 Å². The number of hydrogen-bond donors (Lipinski definition) is 2. The van der Waals surface area contributed by atoms with E-state index >= 15 is 0 Å². The fraction of sp³-hybridized carbons (Fsp3) is 0.556. The molecule has 23 heavy (non-hydrogen) atoms. The smallest absolute Gasteiger partial charge is 0.329 e. The number of likely N-dealkylation sites (tertiary alicyclic amines) is 1. The minimum absolute atomic E-state index is 0.164. The summed E-state index contributed by atoms with van der Waals surface area (Å²) in [6.07, 6.45) is 3.86. The monoisotopic (exact) mass is 316 g/mol. The first kappa shape index (κ1) is 16.0. The Kier molecular flexibility index (Phi) is 4.66. The Balaban J connectivity index is 1.54. The molecule has 1 amide bonds. The highest BCUT2D eigenvalue weighted by atomic mass is 16.4. The number of rotatable bonds is 5. The van der Waals surface area contributed by atoms with E-state index in [0.29, 0.717) is 25.3 Å². The molecule has 2 aliphatic rings. The summed E-state index contributed by atoms with van der Waals surface area (Å²) >= 11 is 0. The van der Waals surface area contributed by atoms with Crippen LogP contribution in [0.2, 0.25) is 0 Å². The van der Waals surface area contributed by atoms with Crippen molar-refractivity contribution >= 4 is 11.9 Å². The van der Waals surface area contributed by atoms with Gasteiger partial charge in [0.2, 0.25) is 5.91 Å².